The molecule has 0 radical (unpaired) electrons. The van der Waals surface area contributed by atoms with Gasteiger partial charge in [-0.05, 0) is 68.7 Å². The normalized spacial score (nSPS) is 10.5. The molecule has 0 aliphatic carbocycles. The first-order valence-electron chi connectivity index (χ1n) is 9.82. The molecule has 0 saturated heterocycles. The third-order valence-corrected chi connectivity index (χ3v) is 4.45. The van der Waals surface area contributed by atoms with Crippen molar-refractivity contribution in [2.45, 2.75) is 39.7 Å². The number of halogens is 1. The minimum absolute atomic E-state index is 0. The molecule has 0 aliphatic heterocycles. The van der Waals surface area contributed by atoms with Crippen LogP contribution in [0.4, 0.5) is 5.69 Å². The van der Waals surface area contributed by atoms with E-state index in [9.17, 15) is 4.79 Å². The molecule has 0 spiro atoms. The van der Waals surface area contributed by atoms with Gasteiger partial charge < -0.3 is 15.8 Å². The van der Waals surface area contributed by atoms with Gasteiger partial charge in [0.25, 0.3) is 5.91 Å². The molecule has 1 aromatic heterocycles. The lowest BCUT2D eigenvalue weighted by Gasteiger charge is -2.11. The summed E-state index contributed by atoms with van der Waals surface area (Å²) in [6, 6.07) is 15.2. The van der Waals surface area contributed by atoms with Crippen LogP contribution in [0.2, 0.25) is 0 Å². The first-order chi connectivity index (χ1) is 14.0. The van der Waals surface area contributed by atoms with E-state index in [2.05, 4.69) is 15.6 Å². The van der Waals surface area contributed by atoms with Crippen molar-refractivity contribution in [3.8, 4) is 11.4 Å². The SMILES string of the molecule is CCc1c(C(=O)NCCc2ccc(N)cc2)nnn1-c1ccc(OC(C)C)cc1.Cl. The number of nitrogens with one attached hydrogen (secondary N) is 1. The molecule has 0 bridgehead atoms. The molecule has 160 valence electrons. The largest absolute Gasteiger partial charge is 0.491 e. The summed E-state index contributed by atoms with van der Waals surface area (Å²) >= 11 is 0. The summed E-state index contributed by atoms with van der Waals surface area (Å²) in [5.41, 5.74) is 9.50. The van der Waals surface area contributed by atoms with Gasteiger partial charge in [-0.25, -0.2) is 4.68 Å². The molecule has 0 atom stereocenters. The predicted octanol–water partition coefficient (Wildman–Crippen LogP) is 3.59. The lowest BCUT2D eigenvalue weighted by molar-refractivity contribution is 0.0948. The number of amides is 1. The van der Waals surface area contributed by atoms with Crippen molar-refractivity contribution in [1.29, 1.82) is 0 Å². The van der Waals surface area contributed by atoms with E-state index in [4.69, 9.17) is 10.5 Å². The van der Waals surface area contributed by atoms with Gasteiger partial charge in [0.1, 0.15) is 5.75 Å². The fourth-order valence-corrected chi connectivity index (χ4v) is 3.03. The molecule has 7 nitrogen and oxygen atoms in total. The summed E-state index contributed by atoms with van der Waals surface area (Å²) < 4.78 is 7.38. The van der Waals surface area contributed by atoms with Crippen molar-refractivity contribution in [2.24, 2.45) is 0 Å². The summed E-state index contributed by atoms with van der Waals surface area (Å²) in [5.74, 6) is 0.575. The van der Waals surface area contributed by atoms with E-state index in [1.165, 1.54) is 0 Å². The summed E-state index contributed by atoms with van der Waals surface area (Å²) in [6.45, 7) is 6.47. The maximum absolute atomic E-state index is 12.6. The highest BCUT2D eigenvalue weighted by Gasteiger charge is 2.19. The Morgan fingerprint density at radius 2 is 1.80 bits per heavy atom. The van der Waals surface area contributed by atoms with Crippen molar-refractivity contribution in [3.05, 3.63) is 65.5 Å². The summed E-state index contributed by atoms with van der Waals surface area (Å²) in [7, 11) is 0. The van der Waals surface area contributed by atoms with E-state index < -0.39 is 0 Å². The van der Waals surface area contributed by atoms with Crippen LogP contribution in [0.3, 0.4) is 0 Å². The lowest BCUT2D eigenvalue weighted by Crippen LogP contribution is -2.27. The highest BCUT2D eigenvalue weighted by molar-refractivity contribution is 5.93. The number of rotatable bonds is 8. The van der Waals surface area contributed by atoms with E-state index in [0.29, 0.717) is 18.7 Å². The summed E-state index contributed by atoms with van der Waals surface area (Å²) in [6.07, 6.45) is 1.47. The third kappa shape index (κ3) is 5.73. The Kier molecular flexibility index (Phi) is 8.24. The summed E-state index contributed by atoms with van der Waals surface area (Å²) in [4.78, 5) is 12.6. The number of carbonyl (C=O) groups excluding carboxylic acids is 1. The molecule has 1 heterocycles. The number of anilines is 1. The van der Waals surface area contributed by atoms with Gasteiger partial charge in [-0.2, -0.15) is 0 Å². The number of carbonyl (C=O) groups is 1. The van der Waals surface area contributed by atoms with Crippen LogP contribution in [0.5, 0.6) is 5.75 Å². The highest BCUT2D eigenvalue weighted by Crippen LogP contribution is 2.19. The smallest absolute Gasteiger partial charge is 0.273 e. The van der Waals surface area contributed by atoms with Gasteiger partial charge in [-0.1, -0.05) is 24.3 Å². The van der Waals surface area contributed by atoms with E-state index in [1.54, 1.807) is 4.68 Å². The molecule has 0 saturated carbocycles. The monoisotopic (exact) mass is 429 g/mol. The number of aromatic nitrogens is 3. The number of benzene rings is 2. The van der Waals surface area contributed by atoms with Crippen molar-refractivity contribution >= 4 is 24.0 Å². The van der Waals surface area contributed by atoms with Gasteiger partial charge in [0, 0.05) is 12.2 Å². The Hall–Kier alpha value is -3.06. The fourth-order valence-electron chi connectivity index (χ4n) is 3.03. The standard InChI is InChI=1S/C22H27N5O2.ClH/c1-4-20-21(22(28)24-14-13-16-5-7-17(23)8-6-16)25-26-27(20)18-9-11-19(12-10-18)29-15(2)3;/h5-12,15H,4,13-14,23H2,1-3H3,(H,24,28);1H. The molecule has 3 rings (SSSR count). The zero-order valence-electron chi connectivity index (χ0n) is 17.5. The molecule has 1 amide bonds. The van der Waals surface area contributed by atoms with E-state index >= 15 is 0 Å². The number of nitrogens with two attached hydrogens (primary N) is 1. The van der Waals surface area contributed by atoms with E-state index in [0.717, 1.165) is 34.8 Å². The fraction of sp³-hybridized carbons (Fsp3) is 0.318. The van der Waals surface area contributed by atoms with Crippen LogP contribution in [-0.4, -0.2) is 33.5 Å². The molecule has 30 heavy (non-hydrogen) atoms. The average molecular weight is 430 g/mol. The Morgan fingerprint density at radius 1 is 1.13 bits per heavy atom. The minimum atomic E-state index is -0.219. The maximum Gasteiger partial charge on any atom is 0.273 e. The zero-order valence-corrected chi connectivity index (χ0v) is 18.3. The van der Waals surface area contributed by atoms with Crippen molar-refractivity contribution in [3.63, 3.8) is 0 Å². The third-order valence-electron chi connectivity index (χ3n) is 4.45. The van der Waals surface area contributed by atoms with Gasteiger partial charge in [-0.15, -0.1) is 17.5 Å². The van der Waals surface area contributed by atoms with Crippen LogP contribution in [0.1, 0.15) is 42.5 Å². The number of ether oxygens (including phenoxy) is 1. The zero-order chi connectivity index (χ0) is 20.8. The van der Waals surface area contributed by atoms with Crippen LogP contribution in [0, 0.1) is 0 Å². The molecular formula is C22H28ClN5O2. The minimum Gasteiger partial charge on any atom is -0.491 e. The number of hydrogen-bond donors (Lipinski definition) is 2. The van der Waals surface area contributed by atoms with Crippen LogP contribution < -0.4 is 15.8 Å². The van der Waals surface area contributed by atoms with E-state index in [1.807, 2.05) is 69.3 Å². The maximum atomic E-state index is 12.6. The topological polar surface area (TPSA) is 95.1 Å². The van der Waals surface area contributed by atoms with Crippen LogP contribution in [-0.2, 0) is 12.8 Å². The lowest BCUT2D eigenvalue weighted by atomic mass is 10.1. The van der Waals surface area contributed by atoms with Gasteiger partial charge in [-0.3, -0.25) is 4.79 Å². The van der Waals surface area contributed by atoms with Gasteiger partial charge in [0.15, 0.2) is 5.69 Å². The molecule has 3 N–H and O–H groups in total. The first kappa shape index (κ1) is 23.2. The Morgan fingerprint density at radius 3 is 2.40 bits per heavy atom. The molecule has 0 unspecified atom stereocenters. The van der Waals surface area contributed by atoms with Crippen molar-refractivity contribution in [2.75, 3.05) is 12.3 Å². The molecule has 0 fully saturated rings. The van der Waals surface area contributed by atoms with Gasteiger partial charge in [0.2, 0.25) is 0 Å². The molecular weight excluding hydrogens is 402 g/mol. The molecule has 0 aliphatic rings. The molecule has 3 aromatic rings. The Labute approximate surface area is 183 Å². The molecule has 8 heteroatoms. The van der Waals surface area contributed by atoms with Gasteiger partial charge in [0.05, 0.1) is 17.5 Å². The number of nitrogens with zero attached hydrogens (tertiary/aromatic N) is 3. The number of hydrogen-bond acceptors (Lipinski definition) is 5. The van der Waals surface area contributed by atoms with Crippen LogP contribution in [0.25, 0.3) is 5.69 Å². The highest BCUT2D eigenvalue weighted by atomic mass is 35.5. The number of nitrogen functional groups attached to an aromatic ring is 1. The average Bonchev–Trinajstić information content (AvgIpc) is 3.13. The second-order valence-corrected chi connectivity index (χ2v) is 7.06. The van der Waals surface area contributed by atoms with Crippen molar-refractivity contribution < 1.29 is 9.53 Å². The second-order valence-electron chi connectivity index (χ2n) is 7.06. The molecule has 2 aromatic carbocycles. The Bertz CT molecular complexity index is 953. The van der Waals surface area contributed by atoms with Gasteiger partial charge >= 0.3 is 0 Å². The quantitative estimate of drug-likeness (QED) is 0.533. The second kappa shape index (κ2) is 10.6. The predicted molar refractivity (Wildman–Crippen MR) is 121 cm³/mol. The van der Waals surface area contributed by atoms with Crippen LogP contribution in [0.15, 0.2) is 48.5 Å². The van der Waals surface area contributed by atoms with Crippen LogP contribution >= 0.6 is 12.4 Å². The first-order valence-corrected chi connectivity index (χ1v) is 9.82. The van der Waals surface area contributed by atoms with E-state index in [-0.39, 0.29) is 24.4 Å². The summed E-state index contributed by atoms with van der Waals surface area (Å²) in [5, 5.41) is 11.2. The Balaban J connectivity index is 0.00000320. The van der Waals surface area contributed by atoms with Crippen molar-refractivity contribution in [1.82, 2.24) is 20.3 Å².